The Hall–Kier alpha value is -5.14. The third-order valence-electron chi connectivity index (χ3n) is 6.97. The smallest absolute Gasteiger partial charge is 0.416 e. The van der Waals surface area contributed by atoms with Gasteiger partial charge in [0.05, 0.1) is 30.7 Å². The minimum Gasteiger partial charge on any atom is -0.488 e. The van der Waals surface area contributed by atoms with Gasteiger partial charge in [-0.1, -0.05) is 0 Å². The number of alkyl carbamates (subject to hydrolysis) is 1. The van der Waals surface area contributed by atoms with E-state index < -0.39 is 29.2 Å². The lowest BCUT2D eigenvalue weighted by Crippen LogP contribution is -2.38. The highest BCUT2D eigenvalue weighted by atomic mass is 19.1. The van der Waals surface area contributed by atoms with Crippen LogP contribution < -0.4 is 19.7 Å². The fraction of sp³-hybridized carbons (Fsp3) is 0.387. The predicted octanol–water partition coefficient (Wildman–Crippen LogP) is 5.36. The lowest BCUT2D eigenvalue weighted by atomic mass is 10.0. The van der Waals surface area contributed by atoms with Crippen molar-refractivity contribution in [3.63, 3.8) is 0 Å². The van der Waals surface area contributed by atoms with Crippen molar-refractivity contribution in [2.75, 3.05) is 11.5 Å². The van der Waals surface area contributed by atoms with E-state index in [0.29, 0.717) is 39.5 Å². The van der Waals surface area contributed by atoms with Crippen LogP contribution in [0.2, 0.25) is 0 Å². The third kappa shape index (κ3) is 5.87. The SMILES string of the molecule is Cn1nc(CNC(=O)OC(C)(C)C)cc1-c1cc2c(n3cnnc13)N(C(=O)OC(C)(C)C)Cc1c(F)ccc3c1/C(=C/O2)CO3. The molecule has 0 saturated carbocycles. The molecular weight excluding hydrogens is 585 g/mol. The Morgan fingerprint density at radius 2 is 1.82 bits per heavy atom. The molecule has 4 aromatic rings. The first kappa shape index (κ1) is 29.9. The number of benzene rings is 1. The number of pyridine rings is 1. The zero-order valence-corrected chi connectivity index (χ0v) is 26.1. The number of hydrogen-bond donors (Lipinski definition) is 1. The molecule has 6 rings (SSSR count). The number of carbonyl (C=O) groups is 2. The topological polar surface area (TPSA) is 134 Å². The first-order valence-electron chi connectivity index (χ1n) is 14.4. The zero-order valence-electron chi connectivity index (χ0n) is 26.1. The number of rotatable bonds is 3. The standard InChI is InChI=1S/C31H34FN7O6/c1-30(2,3)44-28(40)33-12-18-10-22(37(7)36-18)19-11-24-27(39-16-34-35-26(19)39)38(29(41)45-31(4,5)6)13-20-21(32)8-9-23-25(20)17(14-42-23)15-43-24/h8-11,15-16H,12-14H2,1-7H3,(H,33,40)/b17-15+. The normalized spacial score (nSPS) is 15.5. The summed E-state index contributed by atoms with van der Waals surface area (Å²) in [7, 11) is 1.76. The van der Waals surface area contributed by atoms with Crippen molar-refractivity contribution >= 4 is 29.2 Å². The maximum atomic E-state index is 15.5. The minimum absolute atomic E-state index is 0.123. The lowest BCUT2D eigenvalue weighted by molar-refractivity contribution is 0.0520. The van der Waals surface area contributed by atoms with Gasteiger partial charge in [-0.05, 0) is 65.8 Å². The van der Waals surface area contributed by atoms with Gasteiger partial charge in [-0.15, -0.1) is 10.2 Å². The average Bonchev–Trinajstić information content (AvgIpc) is 3.67. The Morgan fingerprint density at radius 1 is 1.07 bits per heavy atom. The summed E-state index contributed by atoms with van der Waals surface area (Å²) in [6, 6.07) is 6.40. The quantitative estimate of drug-likeness (QED) is 0.322. The van der Waals surface area contributed by atoms with Crippen LogP contribution in [0.4, 0.5) is 19.8 Å². The highest BCUT2D eigenvalue weighted by Crippen LogP contribution is 2.43. The summed E-state index contributed by atoms with van der Waals surface area (Å²) in [5.74, 6) is 0.499. The second kappa shape index (κ2) is 10.8. The van der Waals surface area contributed by atoms with Gasteiger partial charge >= 0.3 is 12.2 Å². The minimum atomic E-state index is -0.842. The molecule has 0 spiro atoms. The number of hydrogen-bond acceptors (Lipinski definition) is 9. The van der Waals surface area contributed by atoms with Crippen molar-refractivity contribution in [1.29, 1.82) is 0 Å². The Labute approximate surface area is 258 Å². The van der Waals surface area contributed by atoms with Crippen molar-refractivity contribution in [3.8, 4) is 22.8 Å². The summed E-state index contributed by atoms with van der Waals surface area (Å²) < 4.78 is 41.9. The molecule has 2 amide bonds. The fourth-order valence-electron chi connectivity index (χ4n) is 5.22. The highest BCUT2D eigenvalue weighted by molar-refractivity contribution is 5.92. The number of halogens is 1. The van der Waals surface area contributed by atoms with Crippen LogP contribution in [0.5, 0.6) is 11.5 Å². The number of amides is 2. The van der Waals surface area contributed by atoms with E-state index in [1.165, 1.54) is 23.6 Å². The molecular formula is C31H34FN7O6. The molecule has 13 nitrogen and oxygen atoms in total. The van der Waals surface area contributed by atoms with Crippen molar-refractivity contribution in [3.05, 3.63) is 59.5 Å². The van der Waals surface area contributed by atoms with Crippen molar-refractivity contribution < 1.29 is 32.9 Å². The van der Waals surface area contributed by atoms with Crippen LogP contribution in [0.15, 0.2) is 36.9 Å². The summed E-state index contributed by atoms with van der Waals surface area (Å²) in [4.78, 5) is 27.4. The molecule has 0 fully saturated rings. The van der Waals surface area contributed by atoms with Gasteiger partial charge in [0.2, 0.25) is 0 Å². The van der Waals surface area contributed by atoms with Gasteiger partial charge in [0.1, 0.15) is 35.7 Å². The van der Waals surface area contributed by atoms with E-state index in [0.717, 1.165) is 0 Å². The van der Waals surface area contributed by atoms with Crippen LogP contribution in [0.1, 0.15) is 58.4 Å². The summed E-state index contributed by atoms with van der Waals surface area (Å²) in [6.07, 6.45) is 1.67. The molecule has 0 bridgehead atoms. The molecule has 0 saturated heterocycles. The van der Waals surface area contributed by atoms with Crippen LogP contribution in [-0.4, -0.2) is 54.4 Å². The highest BCUT2D eigenvalue weighted by Gasteiger charge is 2.35. The molecule has 1 N–H and O–H groups in total. The molecule has 5 heterocycles. The fourth-order valence-corrected chi connectivity index (χ4v) is 5.22. The van der Waals surface area contributed by atoms with E-state index in [9.17, 15) is 9.59 Å². The number of carbonyl (C=O) groups excluding carboxylic acids is 2. The third-order valence-corrected chi connectivity index (χ3v) is 6.97. The second-order valence-corrected chi connectivity index (χ2v) is 12.8. The Kier molecular flexibility index (Phi) is 7.17. The van der Waals surface area contributed by atoms with Gasteiger partial charge < -0.3 is 24.3 Å². The van der Waals surface area contributed by atoms with Gasteiger partial charge in [0, 0.05) is 29.3 Å². The van der Waals surface area contributed by atoms with E-state index in [1.54, 1.807) is 75.9 Å². The Balaban J connectivity index is 1.47. The number of aromatic nitrogens is 5. The molecule has 3 aromatic heterocycles. The van der Waals surface area contributed by atoms with E-state index in [-0.39, 0.29) is 36.8 Å². The monoisotopic (exact) mass is 619 g/mol. The molecule has 0 atom stereocenters. The average molecular weight is 620 g/mol. The largest absolute Gasteiger partial charge is 0.488 e. The van der Waals surface area contributed by atoms with Crippen LogP contribution in [0, 0.1) is 5.82 Å². The summed E-state index contributed by atoms with van der Waals surface area (Å²) in [6.45, 7) is 10.7. The van der Waals surface area contributed by atoms with Gasteiger partial charge in [-0.3, -0.25) is 14.0 Å². The van der Waals surface area contributed by atoms with Crippen LogP contribution in [0.25, 0.3) is 22.5 Å². The lowest BCUT2D eigenvalue weighted by Gasteiger charge is -2.29. The summed E-state index contributed by atoms with van der Waals surface area (Å²) in [5.41, 5.74) is 2.11. The van der Waals surface area contributed by atoms with E-state index >= 15 is 4.39 Å². The van der Waals surface area contributed by atoms with Crippen molar-refractivity contribution in [1.82, 2.24) is 29.7 Å². The number of nitrogens with zero attached hydrogens (tertiary/aromatic N) is 6. The summed E-state index contributed by atoms with van der Waals surface area (Å²) >= 11 is 0. The van der Waals surface area contributed by atoms with E-state index in [2.05, 4.69) is 20.6 Å². The molecule has 236 valence electrons. The first-order chi connectivity index (χ1) is 21.2. The van der Waals surface area contributed by atoms with Crippen LogP contribution in [0.3, 0.4) is 0 Å². The first-order valence-corrected chi connectivity index (χ1v) is 14.4. The maximum absolute atomic E-state index is 15.5. The number of anilines is 1. The predicted molar refractivity (Wildman–Crippen MR) is 161 cm³/mol. The van der Waals surface area contributed by atoms with Crippen LogP contribution in [-0.2, 0) is 29.6 Å². The van der Waals surface area contributed by atoms with Gasteiger partial charge in [-0.25, -0.2) is 14.0 Å². The molecule has 2 aliphatic heterocycles. The number of ether oxygens (including phenoxy) is 4. The van der Waals surface area contributed by atoms with Crippen LogP contribution >= 0.6 is 0 Å². The van der Waals surface area contributed by atoms with Gasteiger partial charge in [-0.2, -0.15) is 5.10 Å². The maximum Gasteiger partial charge on any atom is 0.416 e. The second-order valence-electron chi connectivity index (χ2n) is 12.8. The molecule has 1 aromatic carbocycles. The molecule has 0 unspecified atom stereocenters. The zero-order chi connectivity index (χ0) is 32.3. The van der Waals surface area contributed by atoms with Gasteiger partial charge in [0.15, 0.2) is 17.2 Å². The number of nitrogens with one attached hydrogen (secondary N) is 1. The number of aryl methyl sites for hydroxylation is 1. The molecule has 45 heavy (non-hydrogen) atoms. The number of fused-ring (bicyclic) bond motifs is 3. The van der Waals surface area contributed by atoms with Crippen molar-refractivity contribution in [2.24, 2.45) is 7.05 Å². The van der Waals surface area contributed by atoms with Gasteiger partial charge in [0.25, 0.3) is 0 Å². The Morgan fingerprint density at radius 3 is 2.56 bits per heavy atom. The molecule has 2 aliphatic rings. The molecule has 0 aliphatic carbocycles. The van der Waals surface area contributed by atoms with E-state index in [4.69, 9.17) is 18.9 Å². The summed E-state index contributed by atoms with van der Waals surface area (Å²) in [5, 5.41) is 15.8. The molecule has 0 radical (unpaired) electrons. The van der Waals surface area contributed by atoms with E-state index in [1.807, 2.05) is 0 Å². The Bertz CT molecular complexity index is 1860. The molecule has 14 heteroatoms. The van der Waals surface area contributed by atoms with Crippen molar-refractivity contribution in [2.45, 2.75) is 65.8 Å².